The zero-order valence-electron chi connectivity index (χ0n) is 36.6. The van der Waals surface area contributed by atoms with Gasteiger partial charge in [0.25, 0.3) is 0 Å². The van der Waals surface area contributed by atoms with E-state index in [9.17, 15) is 0 Å². The molecule has 11 aromatic carbocycles. The van der Waals surface area contributed by atoms with E-state index in [2.05, 4.69) is 252 Å². The van der Waals surface area contributed by atoms with Crippen molar-refractivity contribution in [3.63, 3.8) is 0 Å². The third kappa shape index (κ3) is 6.59. The third-order valence-electron chi connectivity index (χ3n) is 13.4. The largest absolute Gasteiger partial charge is 0.455 e. The smallest absolute Gasteiger partial charge is 0.143 e. The average Bonchev–Trinajstić information content (AvgIpc) is 3.95. The monoisotopic (exact) mass is 854 g/mol. The third-order valence-corrected chi connectivity index (χ3v) is 13.4. The molecule has 13 rings (SSSR count). The number of hydrogen-bond donors (Lipinski definition) is 0. The number of benzene rings is 11. The minimum absolute atomic E-state index is 0.904. The van der Waals surface area contributed by atoms with E-state index in [1.54, 1.807) is 0 Å². The molecule has 0 saturated heterocycles. The molecule has 2 aromatic heterocycles. The van der Waals surface area contributed by atoms with Crippen molar-refractivity contribution in [1.82, 2.24) is 4.57 Å². The molecule has 0 fully saturated rings. The summed E-state index contributed by atoms with van der Waals surface area (Å²) < 4.78 is 8.89. The fraction of sp³-hybridized carbons (Fsp3) is 0. The maximum Gasteiger partial charge on any atom is 0.143 e. The Balaban J connectivity index is 0.940. The van der Waals surface area contributed by atoms with Crippen LogP contribution in [0.5, 0.6) is 0 Å². The molecule has 3 nitrogen and oxygen atoms in total. The minimum atomic E-state index is 0.904. The number of aromatic nitrogens is 1. The second-order valence-electron chi connectivity index (χ2n) is 17.3. The van der Waals surface area contributed by atoms with Crippen LogP contribution in [0.15, 0.2) is 259 Å². The topological polar surface area (TPSA) is 21.3 Å². The molecule has 0 atom stereocenters. The van der Waals surface area contributed by atoms with Gasteiger partial charge in [-0.2, -0.15) is 0 Å². The summed E-state index contributed by atoms with van der Waals surface area (Å²) in [7, 11) is 0. The van der Waals surface area contributed by atoms with Crippen molar-refractivity contribution in [3.05, 3.63) is 255 Å². The summed E-state index contributed by atoms with van der Waals surface area (Å²) in [4.78, 5) is 2.41. The van der Waals surface area contributed by atoms with E-state index < -0.39 is 0 Å². The maximum absolute atomic E-state index is 6.46. The van der Waals surface area contributed by atoms with Crippen molar-refractivity contribution in [2.45, 2.75) is 0 Å². The molecule has 2 heterocycles. The van der Waals surface area contributed by atoms with Crippen molar-refractivity contribution >= 4 is 71.6 Å². The number of hydrogen-bond acceptors (Lipinski definition) is 2. The highest BCUT2D eigenvalue weighted by Crippen LogP contribution is 2.45. The summed E-state index contributed by atoms with van der Waals surface area (Å²) in [5.41, 5.74) is 17.7. The molecule has 0 unspecified atom stereocenters. The summed E-state index contributed by atoms with van der Waals surface area (Å²) in [6, 6.07) is 92.0. The molecule has 0 amide bonds. The second-order valence-corrected chi connectivity index (χ2v) is 17.3. The van der Waals surface area contributed by atoms with Gasteiger partial charge in [-0.3, -0.25) is 0 Å². The van der Waals surface area contributed by atoms with Crippen LogP contribution in [0.2, 0.25) is 0 Å². The summed E-state index contributed by atoms with van der Waals surface area (Å²) in [5, 5.41) is 7.23. The second kappa shape index (κ2) is 16.0. The van der Waals surface area contributed by atoms with Gasteiger partial charge in [-0.05, 0) is 105 Å². The van der Waals surface area contributed by atoms with E-state index in [-0.39, 0.29) is 0 Å². The molecule has 13 aromatic rings. The lowest BCUT2D eigenvalue weighted by atomic mass is 9.97. The molecule has 0 aliphatic rings. The predicted octanol–water partition coefficient (Wildman–Crippen LogP) is 18.0. The Kier molecular flexibility index (Phi) is 9.17. The standard InChI is InChI=1S/C64H42N2O/c1-2-16-46-41-48(32-31-43(46)15-1)45-35-39-51(40-36-45)65(50-37-33-44(34-38-50)47-17-13-18-49(42-47)52-24-14-25-58-57-23-7-12-30-63(57)67-64(52)58)59-26-8-3-19-53(59)54-20-4-9-27-60(54)66-61-28-10-5-21-55(61)56-22-6-11-29-62(56)66/h1-42H. The first-order valence-corrected chi connectivity index (χ1v) is 22.9. The zero-order chi connectivity index (χ0) is 44.3. The highest BCUT2D eigenvalue weighted by Gasteiger charge is 2.22. The van der Waals surface area contributed by atoms with Crippen LogP contribution in [-0.2, 0) is 0 Å². The van der Waals surface area contributed by atoms with E-state index in [0.29, 0.717) is 0 Å². The number of fused-ring (bicyclic) bond motifs is 7. The first-order valence-electron chi connectivity index (χ1n) is 22.9. The normalized spacial score (nSPS) is 11.6. The fourth-order valence-electron chi connectivity index (χ4n) is 10.2. The van der Waals surface area contributed by atoms with Crippen molar-refractivity contribution in [3.8, 4) is 50.2 Å². The van der Waals surface area contributed by atoms with Gasteiger partial charge < -0.3 is 13.9 Å². The first-order chi connectivity index (χ1) is 33.2. The SMILES string of the molecule is c1cc(-c2ccc(N(c3ccc(-c4ccc5ccccc5c4)cc3)c3ccccc3-c3ccccc3-n3c4ccccc4c4ccccc43)cc2)cc(-c2cccc3c2oc2ccccc23)c1. The molecule has 314 valence electrons. The first kappa shape index (κ1) is 38.5. The molecular weight excluding hydrogens is 813 g/mol. The summed E-state index contributed by atoms with van der Waals surface area (Å²) in [6.45, 7) is 0. The Labute approximate surface area is 388 Å². The molecule has 0 radical (unpaired) electrons. The minimum Gasteiger partial charge on any atom is -0.455 e. The Morgan fingerprint density at radius 1 is 0.313 bits per heavy atom. The van der Waals surface area contributed by atoms with Crippen LogP contribution in [0.1, 0.15) is 0 Å². The van der Waals surface area contributed by atoms with Gasteiger partial charge >= 0.3 is 0 Å². The van der Waals surface area contributed by atoms with Gasteiger partial charge in [0, 0.05) is 49.6 Å². The van der Waals surface area contributed by atoms with Crippen LogP contribution in [0.25, 0.3) is 105 Å². The van der Waals surface area contributed by atoms with Crippen LogP contribution >= 0.6 is 0 Å². The van der Waals surface area contributed by atoms with E-state index in [0.717, 1.165) is 78.1 Å². The maximum atomic E-state index is 6.46. The quantitative estimate of drug-likeness (QED) is 0.152. The molecule has 3 heteroatoms. The van der Waals surface area contributed by atoms with Crippen LogP contribution in [0, 0.1) is 0 Å². The van der Waals surface area contributed by atoms with Crippen LogP contribution < -0.4 is 4.90 Å². The van der Waals surface area contributed by atoms with Crippen molar-refractivity contribution in [2.75, 3.05) is 4.90 Å². The molecule has 0 saturated carbocycles. The van der Waals surface area contributed by atoms with Gasteiger partial charge in [-0.15, -0.1) is 0 Å². The highest BCUT2D eigenvalue weighted by atomic mass is 16.3. The summed E-state index contributed by atoms with van der Waals surface area (Å²) in [5.74, 6) is 0. The van der Waals surface area contributed by atoms with Gasteiger partial charge in [0.05, 0.1) is 22.4 Å². The van der Waals surface area contributed by atoms with Gasteiger partial charge in [-0.1, -0.05) is 188 Å². The molecule has 0 bridgehead atoms. The van der Waals surface area contributed by atoms with E-state index >= 15 is 0 Å². The Bertz CT molecular complexity index is 3930. The van der Waals surface area contributed by atoms with Gasteiger partial charge in [0.1, 0.15) is 11.2 Å². The van der Waals surface area contributed by atoms with Gasteiger partial charge in [0.15, 0.2) is 0 Å². The Morgan fingerprint density at radius 2 is 0.836 bits per heavy atom. The lowest BCUT2D eigenvalue weighted by Gasteiger charge is -2.29. The van der Waals surface area contributed by atoms with Crippen LogP contribution in [0.4, 0.5) is 17.1 Å². The highest BCUT2D eigenvalue weighted by molar-refractivity contribution is 6.11. The van der Waals surface area contributed by atoms with E-state index in [1.165, 1.54) is 43.7 Å². The van der Waals surface area contributed by atoms with Crippen LogP contribution in [-0.4, -0.2) is 4.57 Å². The number of para-hydroxylation sites is 6. The summed E-state index contributed by atoms with van der Waals surface area (Å²) >= 11 is 0. The zero-order valence-corrected chi connectivity index (χ0v) is 36.6. The average molecular weight is 855 g/mol. The van der Waals surface area contributed by atoms with Crippen molar-refractivity contribution < 1.29 is 4.42 Å². The van der Waals surface area contributed by atoms with E-state index in [1.807, 2.05) is 12.1 Å². The van der Waals surface area contributed by atoms with E-state index in [4.69, 9.17) is 4.42 Å². The molecule has 67 heavy (non-hydrogen) atoms. The Morgan fingerprint density at radius 3 is 1.58 bits per heavy atom. The number of nitrogens with zero attached hydrogens (tertiary/aromatic N) is 2. The number of rotatable bonds is 8. The molecule has 0 aliphatic carbocycles. The van der Waals surface area contributed by atoms with Crippen molar-refractivity contribution in [2.24, 2.45) is 0 Å². The number of furan rings is 1. The fourth-order valence-corrected chi connectivity index (χ4v) is 10.2. The molecular formula is C64H42N2O. The predicted molar refractivity (Wildman–Crippen MR) is 282 cm³/mol. The molecule has 0 spiro atoms. The lowest BCUT2D eigenvalue weighted by Crippen LogP contribution is -2.11. The molecule has 0 N–H and O–H groups in total. The van der Waals surface area contributed by atoms with Gasteiger partial charge in [0.2, 0.25) is 0 Å². The Hall–Kier alpha value is -8.92. The van der Waals surface area contributed by atoms with Gasteiger partial charge in [-0.25, -0.2) is 0 Å². The molecule has 0 aliphatic heterocycles. The van der Waals surface area contributed by atoms with Crippen LogP contribution in [0.3, 0.4) is 0 Å². The lowest BCUT2D eigenvalue weighted by molar-refractivity contribution is 0.670. The summed E-state index contributed by atoms with van der Waals surface area (Å²) in [6.07, 6.45) is 0. The number of anilines is 3. The van der Waals surface area contributed by atoms with Crippen molar-refractivity contribution in [1.29, 1.82) is 0 Å².